The zero-order valence-corrected chi connectivity index (χ0v) is 11.2. The average Bonchev–Trinajstić information content (AvgIpc) is 2.46. The van der Waals surface area contributed by atoms with Gasteiger partial charge in [0.15, 0.2) is 5.75 Å². The van der Waals surface area contributed by atoms with E-state index >= 15 is 0 Å². The minimum atomic E-state index is -0.226. The van der Waals surface area contributed by atoms with Gasteiger partial charge in [0, 0.05) is 31.9 Å². The Labute approximate surface area is 113 Å². The van der Waals surface area contributed by atoms with Crippen molar-refractivity contribution in [3.05, 3.63) is 24.3 Å². The van der Waals surface area contributed by atoms with Crippen LogP contribution in [0.3, 0.4) is 0 Å². The lowest BCUT2D eigenvalue weighted by Crippen LogP contribution is -2.49. The average molecular weight is 263 g/mol. The number of piperazine rings is 1. The molecule has 1 heterocycles. The predicted molar refractivity (Wildman–Crippen MR) is 72.0 cm³/mol. The number of anilines is 1. The molecule has 1 aliphatic heterocycles. The number of hydrogen-bond acceptors (Lipinski definition) is 3. The van der Waals surface area contributed by atoms with Gasteiger partial charge in [-0.1, -0.05) is 6.92 Å². The van der Waals surface area contributed by atoms with Crippen LogP contribution in [0, 0.1) is 0 Å². The Morgan fingerprint density at radius 1 is 1.16 bits per heavy atom. The van der Waals surface area contributed by atoms with Crippen molar-refractivity contribution in [2.75, 3.05) is 37.7 Å². The zero-order chi connectivity index (χ0) is 13.7. The van der Waals surface area contributed by atoms with Gasteiger partial charge in [0.1, 0.15) is 0 Å². The van der Waals surface area contributed by atoms with E-state index in [0.717, 1.165) is 25.2 Å². The Hall–Kier alpha value is -1.91. The molecule has 0 unspecified atom stereocenters. The number of hydrogen-bond donors (Lipinski definition) is 0. The van der Waals surface area contributed by atoms with Gasteiger partial charge in [-0.15, -0.1) is 0 Å². The standard InChI is InChI=1S/C14H19N2O3/c1-2-11-19-14(18)16-9-7-15(8-10-16)12-3-5-13(17)6-4-12/h3-6H,2,7-11H2,1H3. The molecule has 1 aromatic rings. The molecule has 0 aliphatic carbocycles. The summed E-state index contributed by atoms with van der Waals surface area (Å²) in [6.45, 7) is 5.29. The Morgan fingerprint density at radius 2 is 1.79 bits per heavy atom. The van der Waals surface area contributed by atoms with E-state index in [-0.39, 0.29) is 11.8 Å². The van der Waals surface area contributed by atoms with Crippen molar-refractivity contribution in [2.24, 2.45) is 0 Å². The summed E-state index contributed by atoms with van der Waals surface area (Å²) in [6, 6.07) is 6.79. The number of benzene rings is 1. The van der Waals surface area contributed by atoms with Crippen LogP contribution in [-0.4, -0.2) is 43.8 Å². The number of carbonyl (C=O) groups excluding carboxylic acids is 1. The molecule has 5 nitrogen and oxygen atoms in total. The molecular weight excluding hydrogens is 244 g/mol. The molecule has 0 N–H and O–H groups in total. The third-order valence-corrected chi connectivity index (χ3v) is 3.17. The fourth-order valence-corrected chi connectivity index (χ4v) is 2.08. The van der Waals surface area contributed by atoms with Gasteiger partial charge in [0.05, 0.1) is 6.61 Å². The van der Waals surface area contributed by atoms with Gasteiger partial charge in [-0.25, -0.2) is 4.79 Å². The van der Waals surface area contributed by atoms with Crippen molar-refractivity contribution in [3.63, 3.8) is 0 Å². The van der Waals surface area contributed by atoms with Crippen molar-refractivity contribution in [3.8, 4) is 5.75 Å². The monoisotopic (exact) mass is 263 g/mol. The van der Waals surface area contributed by atoms with E-state index in [4.69, 9.17) is 4.74 Å². The lowest BCUT2D eigenvalue weighted by atomic mass is 10.2. The minimum absolute atomic E-state index is 0.0190. The quantitative estimate of drug-likeness (QED) is 0.842. The first-order valence-corrected chi connectivity index (χ1v) is 6.64. The van der Waals surface area contributed by atoms with Crippen LogP contribution in [0.4, 0.5) is 10.5 Å². The van der Waals surface area contributed by atoms with E-state index in [0.29, 0.717) is 19.7 Å². The molecule has 1 fully saturated rings. The summed E-state index contributed by atoms with van der Waals surface area (Å²) in [4.78, 5) is 15.6. The highest BCUT2D eigenvalue weighted by Gasteiger charge is 2.22. The molecule has 1 saturated heterocycles. The predicted octanol–water partition coefficient (Wildman–Crippen LogP) is 2.50. The molecule has 0 atom stereocenters. The molecule has 1 aromatic carbocycles. The van der Waals surface area contributed by atoms with Crippen LogP contribution >= 0.6 is 0 Å². The van der Waals surface area contributed by atoms with E-state index in [1.54, 1.807) is 17.0 Å². The third kappa shape index (κ3) is 3.53. The Kier molecular flexibility index (Phi) is 4.49. The Bertz CT molecular complexity index is 411. The maximum absolute atomic E-state index is 11.7. The molecule has 1 radical (unpaired) electrons. The number of amides is 1. The summed E-state index contributed by atoms with van der Waals surface area (Å²) < 4.78 is 5.11. The summed E-state index contributed by atoms with van der Waals surface area (Å²) in [5.41, 5.74) is 1.03. The highest BCUT2D eigenvalue weighted by atomic mass is 16.6. The van der Waals surface area contributed by atoms with Crippen LogP contribution in [-0.2, 0) is 9.84 Å². The van der Waals surface area contributed by atoms with Crippen LogP contribution in [0.15, 0.2) is 24.3 Å². The van der Waals surface area contributed by atoms with Gasteiger partial charge >= 0.3 is 6.09 Å². The lowest BCUT2D eigenvalue weighted by Gasteiger charge is -2.35. The topological polar surface area (TPSA) is 52.7 Å². The summed E-state index contributed by atoms with van der Waals surface area (Å²) >= 11 is 0. The van der Waals surface area contributed by atoms with Gasteiger partial charge in [-0.3, -0.25) is 5.11 Å². The summed E-state index contributed by atoms with van der Waals surface area (Å²) in [5.74, 6) is 0.0190. The molecule has 5 heteroatoms. The first kappa shape index (κ1) is 13.5. The number of nitrogens with zero attached hydrogens (tertiary/aromatic N) is 2. The molecular formula is C14H19N2O3. The molecule has 0 saturated carbocycles. The normalized spacial score (nSPS) is 15.4. The first-order valence-electron chi connectivity index (χ1n) is 6.64. The van der Waals surface area contributed by atoms with Gasteiger partial charge in [0.2, 0.25) is 0 Å². The van der Waals surface area contributed by atoms with E-state index in [1.807, 2.05) is 19.1 Å². The second-order valence-corrected chi connectivity index (χ2v) is 4.58. The van der Waals surface area contributed by atoms with Crippen molar-refractivity contribution in [1.29, 1.82) is 0 Å². The van der Waals surface area contributed by atoms with Crippen molar-refractivity contribution in [1.82, 2.24) is 4.90 Å². The van der Waals surface area contributed by atoms with Gasteiger partial charge in [0.25, 0.3) is 0 Å². The van der Waals surface area contributed by atoms with Gasteiger partial charge in [-0.05, 0) is 30.7 Å². The molecule has 0 spiro atoms. The maximum atomic E-state index is 11.7. The second kappa shape index (κ2) is 6.31. The highest BCUT2D eigenvalue weighted by Crippen LogP contribution is 2.20. The SMILES string of the molecule is CCCOC(=O)N1CCN(c2ccc([O])cc2)CC1. The van der Waals surface area contributed by atoms with E-state index < -0.39 is 0 Å². The fourth-order valence-electron chi connectivity index (χ4n) is 2.08. The van der Waals surface area contributed by atoms with Crippen molar-refractivity contribution < 1.29 is 14.6 Å². The maximum Gasteiger partial charge on any atom is 0.409 e. The van der Waals surface area contributed by atoms with Crippen LogP contribution in [0.1, 0.15) is 13.3 Å². The number of rotatable bonds is 3. The lowest BCUT2D eigenvalue weighted by molar-refractivity contribution is 0.100. The van der Waals surface area contributed by atoms with Crippen LogP contribution in [0.5, 0.6) is 5.75 Å². The summed E-state index contributed by atoms with van der Waals surface area (Å²) in [6.07, 6.45) is 0.615. The van der Waals surface area contributed by atoms with Gasteiger partial charge < -0.3 is 14.5 Å². The Morgan fingerprint density at radius 3 is 2.37 bits per heavy atom. The zero-order valence-electron chi connectivity index (χ0n) is 11.2. The third-order valence-electron chi connectivity index (χ3n) is 3.17. The van der Waals surface area contributed by atoms with E-state index in [9.17, 15) is 9.90 Å². The molecule has 1 amide bonds. The van der Waals surface area contributed by atoms with Gasteiger partial charge in [-0.2, -0.15) is 0 Å². The van der Waals surface area contributed by atoms with Crippen LogP contribution < -0.4 is 4.90 Å². The number of ether oxygens (including phenoxy) is 1. The van der Waals surface area contributed by atoms with Crippen LogP contribution in [0.2, 0.25) is 0 Å². The largest absolute Gasteiger partial charge is 0.449 e. The molecule has 1 aliphatic rings. The second-order valence-electron chi connectivity index (χ2n) is 4.58. The highest BCUT2D eigenvalue weighted by molar-refractivity contribution is 5.68. The number of carbonyl (C=O) groups is 1. The summed E-state index contributed by atoms with van der Waals surface area (Å²) in [7, 11) is 0. The Balaban J connectivity index is 1.85. The van der Waals surface area contributed by atoms with Crippen molar-refractivity contribution in [2.45, 2.75) is 13.3 Å². The fraction of sp³-hybridized carbons (Fsp3) is 0.500. The molecule has 19 heavy (non-hydrogen) atoms. The molecule has 103 valence electrons. The van der Waals surface area contributed by atoms with E-state index in [1.165, 1.54) is 0 Å². The minimum Gasteiger partial charge on any atom is -0.449 e. The molecule has 0 aromatic heterocycles. The van der Waals surface area contributed by atoms with Crippen molar-refractivity contribution >= 4 is 11.8 Å². The first-order chi connectivity index (χ1) is 9.20. The molecule has 0 bridgehead atoms. The van der Waals surface area contributed by atoms with Crippen LogP contribution in [0.25, 0.3) is 0 Å². The smallest absolute Gasteiger partial charge is 0.409 e. The van der Waals surface area contributed by atoms with E-state index in [2.05, 4.69) is 4.90 Å². The molecule has 2 rings (SSSR count). The summed E-state index contributed by atoms with van der Waals surface area (Å²) in [5, 5.41) is 11.1.